The van der Waals surface area contributed by atoms with Crippen molar-refractivity contribution in [3.8, 4) is 0 Å². The van der Waals surface area contributed by atoms with E-state index in [1.54, 1.807) is 0 Å². The lowest BCUT2D eigenvalue weighted by molar-refractivity contribution is -0.131. The fraction of sp³-hybridized carbons (Fsp3) is 0.588. The summed E-state index contributed by atoms with van der Waals surface area (Å²) in [5.74, 6) is 0.938. The summed E-state index contributed by atoms with van der Waals surface area (Å²) < 4.78 is 0. The maximum absolute atomic E-state index is 12.4. The predicted molar refractivity (Wildman–Crippen MR) is 86.1 cm³/mol. The third kappa shape index (κ3) is 3.83. The monoisotopic (exact) mass is 289 g/mol. The van der Waals surface area contributed by atoms with Crippen LogP contribution >= 0.6 is 0 Å². The fourth-order valence-corrected chi connectivity index (χ4v) is 2.89. The van der Waals surface area contributed by atoms with Crippen LogP contribution in [0.15, 0.2) is 30.3 Å². The van der Waals surface area contributed by atoms with Crippen molar-refractivity contribution in [3.63, 3.8) is 0 Å². The summed E-state index contributed by atoms with van der Waals surface area (Å²) in [5.41, 5.74) is 7.22. The van der Waals surface area contributed by atoms with Crippen molar-refractivity contribution in [1.82, 2.24) is 9.80 Å². The summed E-state index contributed by atoms with van der Waals surface area (Å²) in [6, 6.07) is 10.8. The van der Waals surface area contributed by atoms with E-state index < -0.39 is 0 Å². The number of nitrogens with zero attached hydrogens (tertiary/aromatic N) is 2. The molecule has 1 fully saturated rings. The van der Waals surface area contributed by atoms with E-state index in [0.29, 0.717) is 31.0 Å². The molecule has 0 aliphatic carbocycles. The first-order valence-corrected chi connectivity index (χ1v) is 7.76. The van der Waals surface area contributed by atoms with Gasteiger partial charge in [-0.05, 0) is 38.9 Å². The molecule has 4 heteroatoms. The maximum Gasteiger partial charge on any atom is 0.236 e. The average molecular weight is 289 g/mol. The van der Waals surface area contributed by atoms with Crippen LogP contribution in [0.25, 0.3) is 0 Å². The van der Waals surface area contributed by atoms with E-state index in [1.165, 1.54) is 5.56 Å². The highest BCUT2D eigenvalue weighted by molar-refractivity contribution is 5.78. The molecular weight excluding hydrogens is 262 g/mol. The van der Waals surface area contributed by atoms with Crippen molar-refractivity contribution in [2.24, 2.45) is 11.7 Å². The van der Waals surface area contributed by atoms with Gasteiger partial charge in [0.1, 0.15) is 0 Å². The standard InChI is InChI=1S/C17H27N3O/c1-13(2)19(3)12-17(21)20-10-15(9-18)16(11-20)14-7-5-4-6-8-14/h4-8,13,15-16H,9-12,18H2,1-3H3/t15-,16+/m1/s1. The molecule has 1 aliphatic rings. The van der Waals surface area contributed by atoms with Crippen molar-refractivity contribution in [1.29, 1.82) is 0 Å². The number of hydrogen-bond acceptors (Lipinski definition) is 3. The van der Waals surface area contributed by atoms with Crippen molar-refractivity contribution >= 4 is 5.91 Å². The van der Waals surface area contributed by atoms with Gasteiger partial charge in [0.25, 0.3) is 0 Å². The number of rotatable bonds is 5. The van der Waals surface area contributed by atoms with E-state index in [-0.39, 0.29) is 5.91 Å². The smallest absolute Gasteiger partial charge is 0.236 e. The second kappa shape index (κ2) is 7.05. The van der Waals surface area contributed by atoms with Gasteiger partial charge in [-0.2, -0.15) is 0 Å². The molecule has 1 aromatic rings. The zero-order chi connectivity index (χ0) is 15.4. The van der Waals surface area contributed by atoms with E-state index in [2.05, 4.69) is 43.0 Å². The van der Waals surface area contributed by atoms with Crippen LogP contribution < -0.4 is 5.73 Å². The summed E-state index contributed by atoms with van der Waals surface area (Å²) in [5, 5.41) is 0. The van der Waals surface area contributed by atoms with Crippen LogP contribution in [0.3, 0.4) is 0 Å². The molecule has 1 amide bonds. The first-order valence-electron chi connectivity index (χ1n) is 7.76. The summed E-state index contributed by atoms with van der Waals surface area (Å²) in [4.78, 5) is 16.5. The van der Waals surface area contributed by atoms with Crippen LogP contribution in [0, 0.1) is 5.92 Å². The Morgan fingerprint density at radius 1 is 1.33 bits per heavy atom. The van der Waals surface area contributed by atoms with Crippen LogP contribution in [0.2, 0.25) is 0 Å². The molecule has 0 spiro atoms. The Kier molecular flexibility index (Phi) is 5.37. The molecule has 1 aromatic carbocycles. The van der Waals surface area contributed by atoms with Crippen LogP contribution in [0.4, 0.5) is 0 Å². The Hall–Kier alpha value is -1.39. The molecule has 0 unspecified atom stereocenters. The average Bonchev–Trinajstić information content (AvgIpc) is 2.92. The largest absolute Gasteiger partial charge is 0.341 e. The molecule has 21 heavy (non-hydrogen) atoms. The molecule has 1 saturated heterocycles. The van der Waals surface area contributed by atoms with Crippen LogP contribution in [-0.4, -0.2) is 55.0 Å². The van der Waals surface area contributed by atoms with Gasteiger partial charge >= 0.3 is 0 Å². The lowest BCUT2D eigenvalue weighted by Gasteiger charge is -2.24. The van der Waals surface area contributed by atoms with E-state index in [1.807, 2.05) is 18.0 Å². The second-order valence-corrected chi connectivity index (χ2v) is 6.32. The summed E-state index contributed by atoms with van der Waals surface area (Å²) >= 11 is 0. The van der Waals surface area contributed by atoms with Gasteiger partial charge < -0.3 is 10.6 Å². The number of likely N-dealkylation sites (N-methyl/N-ethyl adjacent to an activating group) is 1. The molecular formula is C17H27N3O. The molecule has 2 rings (SSSR count). The van der Waals surface area contributed by atoms with Crippen LogP contribution in [0.5, 0.6) is 0 Å². The number of amides is 1. The lowest BCUT2D eigenvalue weighted by Crippen LogP contribution is -2.40. The highest BCUT2D eigenvalue weighted by atomic mass is 16.2. The third-order valence-corrected chi connectivity index (χ3v) is 4.59. The van der Waals surface area contributed by atoms with Crippen molar-refractivity contribution < 1.29 is 4.79 Å². The Balaban J connectivity index is 2.03. The number of carbonyl (C=O) groups excluding carboxylic acids is 1. The number of nitrogens with two attached hydrogens (primary N) is 1. The fourth-order valence-electron chi connectivity index (χ4n) is 2.89. The van der Waals surface area contributed by atoms with E-state index in [9.17, 15) is 4.79 Å². The van der Waals surface area contributed by atoms with Gasteiger partial charge in [0, 0.05) is 25.0 Å². The second-order valence-electron chi connectivity index (χ2n) is 6.32. The predicted octanol–water partition coefficient (Wildman–Crippen LogP) is 1.53. The zero-order valence-corrected chi connectivity index (χ0v) is 13.3. The summed E-state index contributed by atoms with van der Waals surface area (Å²) in [7, 11) is 1.99. The molecule has 0 aromatic heterocycles. The Morgan fingerprint density at radius 2 is 2.00 bits per heavy atom. The maximum atomic E-state index is 12.4. The van der Waals surface area contributed by atoms with Gasteiger partial charge in [0.15, 0.2) is 0 Å². The third-order valence-electron chi connectivity index (χ3n) is 4.59. The zero-order valence-electron chi connectivity index (χ0n) is 13.3. The van der Waals surface area contributed by atoms with Crippen molar-refractivity contribution in [2.75, 3.05) is 33.2 Å². The molecule has 0 saturated carbocycles. The highest BCUT2D eigenvalue weighted by Crippen LogP contribution is 2.32. The van der Waals surface area contributed by atoms with Crippen molar-refractivity contribution in [3.05, 3.63) is 35.9 Å². The SMILES string of the molecule is CC(C)N(C)CC(=O)N1C[C@@H](CN)[C@H](c2ccccc2)C1. The van der Waals surface area contributed by atoms with Gasteiger partial charge in [-0.15, -0.1) is 0 Å². The minimum atomic E-state index is 0.211. The first-order chi connectivity index (χ1) is 10.0. The van der Waals surface area contributed by atoms with Crippen LogP contribution in [0.1, 0.15) is 25.3 Å². The van der Waals surface area contributed by atoms with Crippen LogP contribution in [-0.2, 0) is 4.79 Å². The first kappa shape index (κ1) is 16.0. The Morgan fingerprint density at radius 3 is 2.57 bits per heavy atom. The van der Waals surface area contributed by atoms with Gasteiger partial charge in [0.05, 0.1) is 6.54 Å². The molecule has 1 heterocycles. The van der Waals surface area contributed by atoms with Gasteiger partial charge in [0.2, 0.25) is 5.91 Å². The summed E-state index contributed by atoms with van der Waals surface area (Å²) in [6.07, 6.45) is 0. The number of benzene rings is 1. The van der Waals surface area contributed by atoms with Gasteiger partial charge in [-0.1, -0.05) is 30.3 Å². The molecule has 2 N–H and O–H groups in total. The van der Waals surface area contributed by atoms with Crippen molar-refractivity contribution in [2.45, 2.75) is 25.8 Å². The number of likely N-dealkylation sites (tertiary alicyclic amines) is 1. The van der Waals surface area contributed by atoms with E-state index >= 15 is 0 Å². The molecule has 1 aliphatic heterocycles. The Bertz CT molecular complexity index is 460. The minimum absolute atomic E-state index is 0.211. The van der Waals surface area contributed by atoms with Gasteiger partial charge in [-0.25, -0.2) is 0 Å². The lowest BCUT2D eigenvalue weighted by atomic mass is 9.89. The minimum Gasteiger partial charge on any atom is -0.341 e. The number of carbonyl (C=O) groups is 1. The normalized spacial score (nSPS) is 22.3. The number of hydrogen-bond donors (Lipinski definition) is 1. The molecule has 0 bridgehead atoms. The van der Waals surface area contributed by atoms with E-state index in [0.717, 1.165) is 13.1 Å². The topological polar surface area (TPSA) is 49.6 Å². The quantitative estimate of drug-likeness (QED) is 0.894. The molecule has 4 nitrogen and oxygen atoms in total. The highest BCUT2D eigenvalue weighted by Gasteiger charge is 2.35. The molecule has 2 atom stereocenters. The summed E-state index contributed by atoms with van der Waals surface area (Å²) in [6.45, 7) is 6.89. The van der Waals surface area contributed by atoms with E-state index in [4.69, 9.17) is 5.73 Å². The molecule has 116 valence electrons. The molecule has 0 radical (unpaired) electrons. The Labute approximate surface area is 127 Å². The van der Waals surface area contributed by atoms with Gasteiger partial charge in [-0.3, -0.25) is 9.69 Å².